The number of carbonyl (C=O) groups excluding carboxylic acids is 1. The zero-order valence-corrected chi connectivity index (χ0v) is 23.2. The first-order valence-electron chi connectivity index (χ1n) is 14.3. The van der Waals surface area contributed by atoms with E-state index in [1.54, 1.807) is 4.57 Å². The van der Waals surface area contributed by atoms with Gasteiger partial charge in [0.15, 0.2) is 29.3 Å². The van der Waals surface area contributed by atoms with Gasteiger partial charge in [0.05, 0.1) is 6.33 Å². The molecule has 1 saturated heterocycles. The molecule has 5 aromatic rings. The maximum atomic E-state index is 12.5. The molecule has 11 heteroatoms. The van der Waals surface area contributed by atoms with Gasteiger partial charge in [-0.1, -0.05) is 48.0 Å². The van der Waals surface area contributed by atoms with Crippen molar-refractivity contribution < 1.29 is 19.7 Å². The molecular formula is C31H33N7O4. The van der Waals surface area contributed by atoms with Gasteiger partial charge in [0.1, 0.15) is 18.5 Å². The van der Waals surface area contributed by atoms with Gasteiger partial charge in [-0.05, 0) is 43.4 Å². The summed E-state index contributed by atoms with van der Waals surface area (Å²) >= 11 is 0. The van der Waals surface area contributed by atoms with E-state index in [0.717, 1.165) is 25.8 Å². The van der Waals surface area contributed by atoms with E-state index >= 15 is 0 Å². The van der Waals surface area contributed by atoms with Crippen LogP contribution < -0.4 is 10.6 Å². The fourth-order valence-electron chi connectivity index (χ4n) is 5.64. The molecule has 216 valence electrons. The second-order valence-electron chi connectivity index (χ2n) is 11.2. The van der Waals surface area contributed by atoms with Crippen LogP contribution >= 0.6 is 0 Å². The molecule has 3 aromatic heterocycles. The second-order valence-corrected chi connectivity index (χ2v) is 11.2. The Morgan fingerprint density at radius 2 is 1.86 bits per heavy atom. The third-order valence-electron chi connectivity index (χ3n) is 8.08. The van der Waals surface area contributed by atoms with Crippen molar-refractivity contribution in [2.45, 2.75) is 63.3 Å². The summed E-state index contributed by atoms with van der Waals surface area (Å²) in [6, 6.07) is 17.2. The number of hydrogen-bond donors (Lipinski definition) is 4. The lowest BCUT2D eigenvalue weighted by Crippen LogP contribution is -2.43. The van der Waals surface area contributed by atoms with Crippen molar-refractivity contribution in [2.24, 2.45) is 0 Å². The van der Waals surface area contributed by atoms with Crippen LogP contribution in [0.2, 0.25) is 0 Å². The number of benzene rings is 2. The molecule has 42 heavy (non-hydrogen) atoms. The lowest BCUT2D eigenvalue weighted by Gasteiger charge is -2.16. The van der Waals surface area contributed by atoms with E-state index < -0.39 is 30.4 Å². The number of aryl methyl sites for hydroxylation is 1. The maximum Gasteiger partial charge on any atom is 0.252 e. The molecule has 1 saturated carbocycles. The van der Waals surface area contributed by atoms with E-state index in [1.807, 2.05) is 0 Å². The van der Waals surface area contributed by atoms with Gasteiger partial charge >= 0.3 is 0 Å². The van der Waals surface area contributed by atoms with E-state index in [2.05, 4.69) is 91.8 Å². The third kappa shape index (κ3) is 5.00. The molecule has 4 heterocycles. The van der Waals surface area contributed by atoms with Crippen LogP contribution in [-0.2, 0) is 22.5 Å². The average molecular weight is 568 g/mol. The Balaban J connectivity index is 1.07. The average Bonchev–Trinajstić information content (AvgIpc) is 3.48. The Morgan fingerprint density at radius 1 is 1.05 bits per heavy atom. The SMILES string of the molecule is Cc1ccc(Cn2cc(CCNc3ncnc4c3ncn4[C@@H]3O[C@H](C(=O)NC4CC4)[C@@H](O)[C@H]3O)c3ccccc32)cc1. The van der Waals surface area contributed by atoms with Gasteiger partial charge in [0, 0.05) is 36.2 Å². The summed E-state index contributed by atoms with van der Waals surface area (Å²) in [6.45, 7) is 3.51. The van der Waals surface area contributed by atoms with E-state index in [4.69, 9.17) is 4.74 Å². The van der Waals surface area contributed by atoms with E-state index in [-0.39, 0.29) is 6.04 Å². The minimum atomic E-state index is -1.36. The Hall–Kier alpha value is -4.32. The number of aliphatic hydroxyl groups excluding tert-OH is 2. The number of amides is 1. The van der Waals surface area contributed by atoms with Crippen LogP contribution in [0.1, 0.15) is 35.8 Å². The van der Waals surface area contributed by atoms with E-state index in [0.29, 0.717) is 23.5 Å². The second kappa shape index (κ2) is 10.8. The van der Waals surface area contributed by atoms with Gasteiger partial charge in [-0.2, -0.15) is 0 Å². The Kier molecular flexibility index (Phi) is 6.85. The van der Waals surface area contributed by atoms with Gasteiger partial charge in [-0.3, -0.25) is 9.36 Å². The number of rotatable bonds is 9. The van der Waals surface area contributed by atoms with E-state index in [1.165, 1.54) is 40.2 Å². The molecule has 4 atom stereocenters. The van der Waals surface area contributed by atoms with E-state index in [9.17, 15) is 15.0 Å². The molecule has 7 rings (SSSR count). The third-order valence-corrected chi connectivity index (χ3v) is 8.08. The summed E-state index contributed by atoms with van der Waals surface area (Å²) < 4.78 is 9.66. The van der Waals surface area contributed by atoms with Gasteiger partial charge in [0.25, 0.3) is 5.91 Å². The van der Waals surface area contributed by atoms with Crippen LogP contribution in [0.25, 0.3) is 22.1 Å². The molecule has 2 aliphatic rings. The molecule has 1 aliphatic carbocycles. The fourth-order valence-corrected chi connectivity index (χ4v) is 5.64. The lowest BCUT2D eigenvalue weighted by atomic mass is 10.1. The van der Waals surface area contributed by atoms with Crippen molar-refractivity contribution in [2.75, 3.05) is 11.9 Å². The zero-order chi connectivity index (χ0) is 28.8. The van der Waals surface area contributed by atoms with Crippen molar-refractivity contribution in [1.82, 2.24) is 29.4 Å². The summed E-state index contributed by atoms with van der Waals surface area (Å²) in [5, 5.41) is 28.7. The van der Waals surface area contributed by atoms with Crippen LogP contribution in [0, 0.1) is 6.92 Å². The quantitative estimate of drug-likeness (QED) is 0.213. The molecular weight excluding hydrogens is 534 g/mol. The van der Waals surface area contributed by atoms with Gasteiger partial charge in [0.2, 0.25) is 0 Å². The predicted octanol–water partition coefficient (Wildman–Crippen LogP) is 2.69. The Bertz CT molecular complexity index is 1740. The number of para-hydroxylation sites is 1. The number of aromatic nitrogens is 5. The number of ether oxygens (including phenoxy) is 1. The topological polar surface area (TPSA) is 139 Å². The van der Waals surface area contributed by atoms with Crippen molar-refractivity contribution in [1.29, 1.82) is 0 Å². The van der Waals surface area contributed by atoms with Gasteiger partial charge in [-0.25, -0.2) is 15.0 Å². The zero-order valence-electron chi connectivity index (χ0n) is 23.2. The minimum absolute atomic E-state index is 0.115. The smallest absolute Gasteiger partial charge is 0.252 e. The number of nitrogens with one attached hydrogen (secondary N) is 2. The molecule has 4 N–H and O–H groups in total. The van der Waals surface area contributed by atoms with Crippen molar-refractivity contribution in [3.63, 3.8) is 0 Å². The first-order valence-corrected chi connectivity index (χ1v) is 14.3. The highest BCUT2D eigenvalue weighted by molar-refractivity contribution is 5.85. The molecule has 1 amide bonds. The number of anilines is 1. The molecule has 2 aromatic carbocycles. The van der Waals surface area contributed by atoms with Crippen LogP contribution in [0.4, 0.5) is 5.82 Å². The molecule has 11 nitrogen and oxygen atoms in total. The molecule has 1 aliphatic heterocycles. The fraction of sp³-hybridized carbons (Fsp3) is 0.355. The molecule has 0 spiro atoms. The summed E-state index contributed by atoms with van der Waals surface area (Å²) in [7, 11) is 0. The highest BCUT2D eigenvalue weighted by Crippen LogP contribution is 2.33. The summed E-state index contributed by atoms with van der Waals surface area (Å²) in [5.74, 6) is 0.131. The normalized spacial score (nSPS) is 22.2. The minimum Gasteiger partial charge on any atom is -0.387 e. The van der Waals surface area contributed by atoms with Crippen molar-refractivity contribution >= 4 is 33.8 Å². The molecule has 0 bridgehead atoms. The summed E-state index contributed by atoms with van der Waals surface area (Å²) in [6.07, 6.45) is 2.86. The van der Waals surface area contributed by atoms with Crippen molar-refractivity contribution in [3.8, 4) is 0 Å². The van der Waals surface area contributed by atoms with Crippen LogP contribution in [0.5, 0.6) is 0 Å². The number of carbonyl (C=O) groups is 1. The summed E-state index contributed by atoms with van der Waals surface area (Å²) in [4.78, 5) is 25.8. The van der Waals surface area contributed by atoms with Crippen LogP contribution in [0.15, 0.2) is 67.4 Å². The van der Waals surface area contributed by atoms with Crippen LogP contribution in [-0.4, -0.2) is 71.1 Å². The van der Waals surface area contributed by atoms with Gasteiger partial charge in [-0.15, -0.1) is 0 Å². The number of hydrogen-bond acceptors (Lipinski definition) is 8. The molecule has 0 unspecified atom stereocenters. The molecule has 0 radical (unpaired) electrons. The lowest BCUT2D eigenvalue weighted by molar-refractivity contribution is -0.137. The number of nitrogens with zero attached hydrogens (tertiary/aromatic N) is 5. The first kappa shape index (κ1) is 26.6. The number of aliphatic hydroxyl groups is 2. The number of fused-ring (bicyclic) bond motifs is 2. The van der Waals surface area contributed by atoms with Crippen molar-refractivity contribution in [3.05, 3.63) is 84.1 Å². The summed E-state index contributed by atoms with van der Waals surface area (Å²) in [5.41, 5.74) is 5.86. The monoisotopic (exact) mass is 567 g/mol. The predicted molar refractivity (Wildman–Crippen MR) is 157 cm³/mol. The highest BCUT2D eigenvalue weighted by Gasteiger charge is 2.48. The maximum absolute atomic E-state index is 12.5. The van der Waals surface area contributed by atoms with Crippen LogP contribution in [0.3, 0.4) is 0 Å². The Labute approximate surface area is 242 Å². The Morgan fingerprint density at radius 3 is 2.67 bits per heavy atom. The highest BCUT2D eigenvalue weighted by atomic mass is 16.6. The first-order chi connectivity index (χ1) is 20.5. The number of imidazole rings is 1. The largest absolute Gasteiger partial charge is 0.387 e. The van der Waals surface area contributed by atoms with Gasteiger partial charge < -0.3 is 30.2 Å². The standard InChI is InChI=1S/C31H33N7O4/c1-18-6-8-19(9-7-18)14-37-15-20(22-4-2-3-5-23(22)37)12-13-32-28-24-29(34-16-33-28)38(17-35-24)31-26(40)25(39)27(42-31)30(41)36-21-10-11-21/h2-9,15-17,21,25-27,31,39-40H,10-14H2,1H3,(H,36,41)(H,32,33,34)/t25-,26+,27-,31+/m0/s1. The molecule has 2 fully saturated rings.